The molecule has 0 heterocycles. The number of nitrogens with two attached hydrogens (primary N) is 1. The van der Waals surface area contributed by atoms with E-state index < -0.39 is 16.2 Å². The SMILES string of the molecule is NC1(C[SH](=O)=O)CCCCC1. The molecule has 4 heteroatoms. The molecule has 1 aliphatic carbocycles. The topological polar surface area (TPSA) is 60.2 Å². The Balaban J connectivity index is 2.49. The zero-order valence-corrected chi connectivity index (χ0v) is 7.48. The summed E-state index contributed by atoms with van der Waals surface area (Å²) in [7, 11) is -2.30. The van der Waals surface area contributed by atoms with E-state index in [0.717, 1.165) is 25.7 Å². The van der Waals surface area contributed by atoms with Gasteiger partial charge >= 0.3 is 0 Å². The Bertz CT molecular complexity index is 187. The molecule has 0 spiro atoms. The van der Waals surface area contributed by atoms with Crippen LogP contribution in [0.2, 0.25) is 0 Å². The third-order valence-electron chi connectivity index (χ3n) is 2.29. The van der Waals surface area contributed by atoms with Gasteiger partial charge < -0.3 is 5.73 Å². The minimum Gasteiger partial charge on any atom is -0.324 e. The van der Waals surface area contributed by atoms with Gasteiger partial charge in [-0.3, -0.25) is 0 Å². The Kier molecular flexibility index (Phi) is 2.90. The largest absolute Gasteiger partial charge is 0.324 e. The maximum Gasteiger partial charge on any atom is 0.141 e. The number of thiol groups is 1. The fourth-order valence-corrected chi connectivity index (χ4v) is 2.50. The first-order valence-electron chi connectivity index (χ1n) is 4.03. The minimum absolute atomic E-state index is 0.169. The maximum absolute atomic E-state index is 10.4. The van der Waals surface area contributed by atoms with Crippen molar-refractivity contribution >= 4 is 10.7 Å². The van der Waals surface area contributed by atoms with Crippen molar-refractivity contribution in [2.45, 2.75) is 37.6 Å². The van der Waals surface area contributed by atoms with E-state index in [9.17, 15) is 8.42 Å². The molecule has 1 fully saturated rings. The van der Waals surface area contributed by atoms with E-state index in [-0.39, 0.29) is 5.75 Å². The van der Waals surface area contributed by atoms with Gasteiger partial charge in [0.1, 0.15) is 10.7 Å². The third-order valence-corrected chi connectivity index (χ3v) is 3.18. The lowest BCUT2D eigenvalue weighted by molar-refractivity contribution is 0.325. The van der Waals surface area contributed by atoms with E-state index in [1.807, 2.05) is 0 Å². The monoisotopic (exact) mass is 177 g/mol. The van der Waals surface area contributed by atoms with Gasteiger partial charge in [0.15, 0.2) is 0 Å². The van der Waals surface area contributed by atoms with E-state index in [1.54, 1.807) is 0 Å². The van der Waals surface area contributed by atoms with Gasteiger partial charge in [0.2, 0.25) is 0 Å². The van der Waals surface area contributed by atoms with Crippen LogP contribution in [0.3, 0.4) is 0 Å². The summed E-state index contributed by atoms with van der Waals surface area (Å²) < 4.78 is 20.9. The highest BCUT2D eigenvalue weighted by molar-refractivity contribution is 7.72. The summed E-state index contributed by atoms with van der Waals surface area (Å²) in [5.41, 5.74) is 5.48. The van der Waals surface area contributed by atoms with Crippen molar-refractivity contribution in [1.29, 1.82) is 0 Å². The molecule has 1 aliphatic rings. The number of rotatable bonds is 2. The maximum atomic E-state index is 10.4. The van der Waals surface area contributed by atoms with E-state index in [1.165, 1.54) is 6.42 Å². The average molecular weight is 177 g/mol. The van der Waals surface area contributed by atoms with Crippen LogP contribution >= 0.6 is 0 Å². The van der Waals surface area contributed by atoms with Crippen LogP contribution in [-0.4, -0.2) is 19.7 Å². The fourth-order valence-electron chi connectivity index (χ4n) is 1.67. The Morgan fingerprint density at radius 1 is 1.18 bits per heavy atom. The third kappa shape index (κ3) is 2.79. The molecule has 0 aliphatic heterocycles. The molecule has 1 saturated carbocycles. The standard InChI is InChI=1S/C7H15NO2S/c8-7(6-11(9)10)4-2-1-3-5-7/h11H,1-6,8H2. The molecule has 0 unspecified atom stereocenters. The summed E-state index contributed by atoms with van der Waals surface area (Å²) in [6.07, 6.45) is 5.11. The molecular weight excluding hydrogens is 162 g/mol. The zero-order valence-electron chi connectivity index (χ0n) is 6.58. The van der Waals surface area contributed by atoms with Crippen molar-refractivity contribution in [3.63, 3.8) is 0 Å². The molecular formula is C7H15NO2S. The average Bonchev–Trinajstić information content (AvgIpc) is 1.85. The van der Waals surface area contributed by atoms with Gasteiger partial charge in [-0.05, 0) is 12.8 Å². The second kappa shape index (κ2) is 3.54. The summed E-state index contributed by atoms with van der Waals surface area (Å²) in [5, 5.41) is 0. The lowest BCUT2D eigenvalue weighted by Gasteiger charge is -2.31. The molecule has 0 aromatic carbocycles. The molecule has 0 bridgehead atoms. The lowest BCUT2D eigenvalue weighted by Crippen LogP contribution is -2.45. The van der Waals surface area contributed by atoms with Gasteiger partial charge in [0.05, 0.1) is 5.75 Å². The van der Waals surface area contributed by atoms with E-state index in [0.29, 0.717) is 0 Å². The van der Waals surface area contributed by atoms with Crippen LogP contribution in [0, 0.1) is 0 Å². The quantitative estimate of drug-likeness (QED) is 0.595. The Morgan fingerprint density at radius 2 is 1.73 bits per heavy atom. The van der Waals surface area contributed by atoms with Crippen LogP contribution in [0.15, 0.2) is 0 Å². The van der Waals surface area contributed by atoms with E-state index in [4.69, 9.17) is 5.73 Å². The molecule has 3 nitrogen and oxygen atoms in total. The van der Waals surface area contributed by atoms with Gasteiger partial charge in [-0.15, -0.1) is 0 Å². The van der Waals surface area contributed by atoms with Crippen LogP contribution in [0.1, 0.15) is 32.1 Å². The van der Waals surface area contributed by atoms with Crippen LogP contribution < -0.4 is 5.73 Å². The molecule has 0 atom stereocenters. The summed E-state index contributed by atoms with van der Waals surface area (Å²) in [4.78, 5) is 0. The van der Waals surface area contributed by atoms with Gasteiger partial charge in [0, 0.05) is 5.54 Å². The molecule has 0 radical (unpaired) electrons. The first kappa shape index (κ1) is 9.00. The van der Waals surface area contributed by atoms with Crippen molar-refractivity contribution in [3.05, 3.63) is 0 Å². The van der Waals surface area contributed by atoms with Crippen LogP contribution in [0.4, 0.5) is 0 Å². The Morgan fingerprint density at radius 3 is 2.18 bits per heavy atom. The molecule has 66 valence electrons. The Labute approximate surface area is 68.9 Å². The molecule has 11 heavy (non-hydrogen) atoms. The molecule has 0 aromatic heterocycles. The van der Waals surface area contributed by atoms with E-state index in [2.05, 4.69) is 0 Å². The van der Waals surface area contributed by atoms with Crippen molar-refractivity contribution in [2.24, 2.45) is 5.73 Å². The van der Waals surface area contributed by atoms with Crippen LogP contribution in [-0.2, 0) is 10.7 Å². The van der Waals surface area contributed by atoms with Gasteiger partial charge in [-0.25, -0.2) is 8.42 Å². The zero-order chi connectivity index (χ0) is 8.32. The van der Waals surface area contributed by atoms with E-state index >= 15 is 0 Å². The first-order chi connectivity index (χ1) is 5.12. The highest BCUT2D eigenvalue weighted by Gasteiger charge is 2.27. The summed E-state index contributed by atoms with van der Waals surface area (Å²) in [6.45, 7) is 0. The highest BCUT2D eigenvalue weighted by atomic mass is 32.2. The second-order valence-corrected chi connectivity index (χ2v) is 4.40. The smallest absolute Gasteiger partial charge is 0.141 e. The molecule has 0 amide bonds. The molecule has 0 saturated heterocycles. The Hall–Kier alpha value is -0.0900. The second-order valence-electron chi connectivity index (χ2n) is 3.41. The van der Waals surface area contributed by atoms with Crippen molar-refractivity contribution in [1.82, 2.24) is 0 Å². The highest BCUT2D eigenvalue weighted by Crippen LogP contribution is 2.25. The van der Waals surface area contributed by atoms with Crippen molar-refractivity contribution in [2.75, 3.05) is 5.75 Å². The molecule has 2 N–H and O–H groups in total. The predicted octanol–water partition coefficient (Wildman–Crippen LogP) is 0.259. The molecule has 1 rings (SSSR count). The lowest BCUT2D eigenvalue weighted by atomic mass is 9.84. The van der Waals surface area contributed by atoms with Crippen molar-refractivity contribution in [3.8, 4) is 0 Å². The summed E-state index contributed by atoms with van der Waals surface area (Å²) in [6, 6.07) is 0. The van der Waals surface area contributed by atoms with Gasteiger partial charge in [-0.2, -0.15) is 0 Å². The van der Waals surface area contributed by atoms with Crippen LogP contribution in [0.25, 0.3) is 0 Å². The van der Waals surface area contributed by atoms with Gasteiger partial charge in [-0.1, -0.05) is 19.3 Å². The van der Waals surface area contributed by atoms with Crippen LogP contribution in [0.5, 0.6) is 0 Å². The van der Waals surface area contributed by atoms with Crippen molar-refractivity contribution < 1.29 is 8.42 Å². The molecule has 0 aromatic rings. The van der Waals surface area contributed by atoms with Gasteiger partial charge in [0.25, 0.3) is 0 Å². The predicted molar refractivity (Wildman–Crippen MR) is 45.2 cm³/mol. The first-order valence-corrected chi connectivity index (χ1v) is 5.39. The number of hydrogen-bond acceptors (Lipinski definition) is 3. The normalized spacial score (nSPS) is 23.8. The number of hydrogen-bond donors (Lipinski definition) is 2. The summed E-state index contributed by atoms with van der Waals surface area (Å²) in [5.74, 6) is 0.169. The fraction of sp³-hybridized carbons (Fsp3) is 1.00. The summed E-state index contributed by atoms with van der Waals surface area (Å²) >= 11 is 0. The minimum atomic E-state index is -2.30.